The van der Waals surface area contributed by atoms with Crippen LogP contribution in [0.4, 0.5) is 0 Å². The van der Waals surface area contributed by atoms with Gasteiger partial charge in [-0.2, -0.15) is 0 Å². The topological polar surface area (TPSA) is 98.1 Å². The van der Waals surface area contributed by atoms with Crippen molar-refractivity contribution in [2.75, 3.05) is 19.5 Å². The lowest BCUT2D eigenvalue weighted by Crippen LogP contribution is -2.27. The highest BCUT2D eigenvalue weighted by Gasteiger charge is 2.29. The van der Waals surface area contributed by atoms with Crippen molar-refractivity contribution in [1.29, 1.82) is 0 Å². The van der Waals surface area contributed by atoms with Crippen LogP contribution in [-0.2, 0) is 14.6 Å². The molecule has 0 spiro atoms. The first kappa shape index (κ1) is 12.6. The van der Waals surface area contributed by atoms with Crippen molar-refractivity contribution in [3.63, 3.8) is 0 Å². The molecule has 1 aromatic carbocycles. The van der Waals surface area contributed by atoms with Crippen LogP contribution in [0.5, 0.6) is 0 Å². The summed E-state index contributed by atoms with van der Waals surface area (Å²) in [6, 6.07) is 4.79. The fourth-order valence-electron chi connectivity index (χ4n) is 2.27. The average Bonchev–Trinajstić information content (AvgIpc) is 2.91. The van der Waals surface area contributed by atoms with Crippen LogP contribution in [0.25, 0.3) is 11.0 Å². The van der Waals surface area contributed by atoms with Crippen molar-refractivity contribution in [2.24, 2.45) is 5.73 Å². The predicted molar refractivity (Wildman–Crippen MR) is 70.7 cm³/mol. The number of nitrogens with zero attached hydrogens (tertiary/aromatic N) is 1. The lowest BCUT2D eigenvalue weighted by atomic mass is 10.0. The Kier molecular flexibility index (Phi) is 2.84. The van der Waals surface area contributed by atoms with Gasteiger partial charge in [-0.1, -0.05) is 0 Å². The van der Waals surface area contributed by atoms with Crippen LogP contribution in [0.1, 0.15) is 11.7 Å². The molecule has 19 heavy (non-hydrogen) atoms. The second-order valence-electron chi connectivity index (χ2n) is 4.88. The SMILES string of the molecule is CS(=O)(=O)c1ccc2nc(C3COCC3N)[nH]c2c1. The first-order chi connectivity index (χ1) is 8.95. The van der Waals surface area contributed by atoms with Crippen molar-refractivity contribution in [3.8, 4) is 0 Å². The van der Waals surface area contributed by atoms with Gasteiger partial charge in [-0.05, 0) is 18.2 Å². The number of nitrogens with two attached hydrogens (primary N) is 1. The zero-order chi connectivity index (χ0) is 13.6. The highest BCUT2D eigenvalue weighted by atomic mass is 32.2. The molecule has 1 aliphatic rings. The Labute approximate surface area is 110 Å². The summed E-state index contributed by atoms with van der Waals surface area (Å²) in [6.45, 7) is 1.07. The molecule has 6 nitrogen and oxygen atoms in total. The molecule has 3 rings (SSSR count). The molecule has 0 bridgehead atoms. The van der Waals surface area contributed by atoms with E-state index in [4.69, 9.17) is 10.5 Å². The average molecular weight is 281 g/mol. The number of ether oxygens (including phenoxy) is 1. The van der Waals surface area contributed by atoms with E-state index >= 15 is 0 Å². The van der Waals surface area contributed by atoms with Crippen molar-refractivity contribution < 1.29 is 13.2 Å². The number of aromatic nitrogens is 2. The first-order valence-corrected chi connectivity index (χ1v) is 7.87. The van der Waals surface area contributed by atoms with E-state index in [1.165, 1.54) is 6.26 Å². The summed E-state index contributed by atoms with van der Waals surface area (Å²) in [4.78, 5) is 7.88. The lowest BCUT2D eigenvalue weighted by molar-refractivity contribution is 0.190. The van der Waals surface area contributed by atoms with Crippen LogP contribution in [0.3, 0.4) is 0 Å². The summed E-state index contributed by atoms with van der Waals surface area (Å²) >= 11 is 0. The Bertz CT molecular complexity index is 723. The van der Waals surface area contributed by atoms with E-state index in [1.807, 2.05) is 0 Å². The number of hydrogen-bond acceptors (Lipinski definition) is 5. The molecule has 2 unspecified atom stereocenters. The number of nitrogens with one attached hydrogen (secondary N) is 1. The number of H-pyrrole nitrogens is 1. The third kappa shape index (κ3) is 2.24. The maximum absolute atomic E-state index is 11.5. The number of sulfone groups is 1. The minimum absolute atomic E-state index is 0.0362. The van der Waals surface area contributed by atoms with Crippen molar-refractivity contribution >= 4 is 20.9 Å². The molecule has 1 aliphatic heterocycles. The number of hydrogen-bond donors (Lipinski definition) is 2. The molecule has 0 amide bonds. The van der Waals surface area contributed by atoms with Crippen LogP contribution < -0.4 is 5.73 Å². The highest BCUT2D eigenvalue weighted by molar-refractivity contribution is 7.90. The zero-order valence-electron chi connectivity index (χ0n) is 10.5. The van der Waals surface area contributed by atoms with E-state index in [0.717, 1.165) is 11.3 Å². The van der Waals surface area contributed by atoms with Gasteiger partial charge in [0.25, 0.3) is 0 Å². The molecule has 2 heterocycles. The fourth-order valence-corrected chi connectivity index (χ4v) is 2.91. The molecule has 2 atom stereocenters. The van der Waals surface area contributed by atoms with E-state index in [2.05, 4.69) is 9.97 Å². The van der Waals surface area contributed by atoms with Crippen LogP contribution >= 0.6 is 0 Å². The molecule has 7 heteroatoms. The summed E-state index contributed by atoms with van der Waals surface area (Å²) < 4.78 is 28.4. The fraction of sp³-hybridized carbons (Fsp3) is 0.417. The van der Waals surface area contributed by atoms with Gasteiger partial charge in [-0.25, -0.2) is 13.4 Å². The van der Waals surface area contributed by atoms with Crippen molar-refractivity contribution in [1.82, 2.24) is 9.97 Å². The quantitative estimate of drug-likeness (QED) is 0.830. The number of aromatic amines is 1. The zero-order valence-corrected chi connectivity index (χ0v) is 11.3. The maximum Gasteiger partial charge on any atom is 0.175 e. The molecule has 2 aromatic rings. The van der Waals surface area contributed by atoms with E-state index in [1.54, 1.807) is 18.2 Å². The number of rotatable bonds is 2. The molecule has 3 N–H and O–H groups in total. The second-order valence-corrected chi connectivity index (χ2v) is 6.90. The molecule has 1 aromatic heterocycles. The molecular formula is C12H15N3O3S. The first-order valence-electron chi connectivity index (χ1n) is 5.98. The highest BCUT2D eigenvalue weighted by Crippen LogP contribution is 2.25. The van der Waals surface area contributed by atoms with E-state index in [9.17, 15) is 8.42 Å². The van der Waals surface area contributed by atoms with Crippen LogP contribution in [-0.4, -0.2) is 43.9 Å². The molecule has 0 radical (unpaired) electrons. The lowest BCUT2D eigenvalue weighted by Gasteiger charge is -2.08. The standard InChI is InChI=1S/C12H15N3O3S/c1-19(16,17)7-2-3-10-11(4-7)15-12(14-10)8-5-18-6-9(8)13/h2-4,8-9H,5-6,13H2,1H3,(H,14,15). The summed E-state index contributed by atoms with van der Waals surface area (Å²) in [7, 11) is -3.21. The third-order valence-corrected chi connectivity index (χ3v) is 4.49. The summed E-state index contributed by atoms with van der Waals surface area (Å²) in [6.07, 6.45) is 1.19. The molecule has 0 saturated carbocycles. The monoisotopic (exact) mass is 281 g/mol. The van der Waals surface area contributed by atoms with E-state index < -0.39 is 9.84 Å². The minimum Gasteiger partial charge on any atom is -0.379 e. The van der Waals surface area contributed by atoms with Crippen molar-refractivity contribution in [2.45, 2.75) is 16.9 Å². The molecule has 1 fully saturated rings. The van der Waals surface area contributed by atoms with Crippen LogP contribution in [0.15, 0.2) is 23.1 Å². The number of fused-ring (bicyclic) bond motifs is 1. The molecule has 102 valence electrons. The van der Waals surface area contributed by atoms with Gasteiger partial charge < -0.3 is 15.5 Å². The van der Waals surface area contributed by atoms with Crippen LogP contribution in [0.2, 0.25) is 0 Å². The Balaban J connectivity index is 2.06. The summed E-state index contributed by atoms with van der Waals surface area (Å²) in [5, 5.41) is 0. The molecule has 1 saturated heterocycles. The van der Waals surface area contributed by atoms with Crippen LogP contribution in [0, 0.1) is 0 Å². The van der Waals surface area contributed by atoms with Gasteiger partial charge in [0.2, 0.25) is 0 Å². The van der Waals surface area contributed by atoms with Crippen molar-refractivity contribution in [3.05, 3.63) is 24.0 Å². The third-order valence-electron chi connectivity index (χ3n) is 3.38. The maximum atomic E-state index is 11.5. The summed E-state index contributed by atoms with van der Waals surface area (Å²) in [5.41, 5.74) is 7.39. The molecular weight excluding hydrogens is 266 g/mol. The Morgan fingerprint density at radius 2 is 2.21 bits per heavy atom. The Morgan fingerprint density at radius 3 is 2.84 bits per heavy atom. The predicted octanol–water partition coefficient (Wildman–Crippen LogP) is 0.408. The van der Waals surface area contributed by atoms with E-state index in [-0.39, 0.29) is 16.9 Å². The normalized spacial score (nSPS) is 24.1. The smallest absolute Gasteiger partial charge is 0.175 e. The van der Waals surface area contributed by atoms with Gasteiger partial charge in [0.05, 0.1) is 35.1 Å². The number of benzene rings is 1. The largest absolute Gasteiger partial charge is 0.379 e. The van der Waals surface area contributed by atoms with Gasteiger partial charge in [-0.15, -0.1) is 0 Å². The van der Waals surface area contributed by atoms with Gasteiger partial charge >= 0.3 is 0 Å². The molecule has 0 aliphatic carbocycles. The minimum atomic E-state index is -3.21. The van der Waals surface area contributed by atoms with Gasteiger partial charge in [0.1, 0.15) is 5.82 Å². The Morgan fingerprint density at radius 1 is 1.42 bits per heavy atom. The number of imidazole rings is 1. The Hall–Kier alpha value is -1.44. The van der Waals surface area contributed by atoms with E-state index in [0.29, 0.717) is 18.7 Å². The van der Waals surface area contributed by atoms with Gasteiger partial charge in [-0.3, -0.25) is 0 Å². The van der Waals surface area contributed by atoms with Gasteiger partial charge in [0.15, 0.2) is 9.84 Å². The second kappa shape index (κ2) is 4.29. The summed E-state index contributed by atoms with van der Waals surface area (Å²) in [5.74, 6) is 0.791. The van der Waals surface area contributed by atoms with Gasteiger partial charge in [0, 0.05) is 12.3 Å².